The predicted molar refractivity (Wildman–Crippen MR) is 139 cm³/mol. The Hall–Kier alpha value is -3.60. The first kappa shape index (κ1) is 27.0. The lowest BCUT2D eigenvalue weighted by Gasteiger charge is -2.14. The maximum Gasteiger partial charge on any atom is 0.319 e. The normalized spacial score (nSPS) is 12.2. The Morgan fingerprint density at radius 3 is 2.56 bits per heavy atom. The molecule has 0 spiro atoms. The average Bonchev–Trinajstić information content (AvgIpc) is 3.70. The van der Waals surface area contributed by atoms with Crippen LogP contribution in [0.4, 0.5) is 10.5 Å². The third-order valence-electron chi connectivity index (χ3n) is 5.15. The molecule has 5 N–H and O–H groups in total. The molecule has 1 aromatic heterocycles. The number of aromatic nitrogens is 1. The standard InChI is InChI=1S/C24H25ClN4O5.CH5N/c1-26-23(30)17-12-16-20(13-22(17)33-10-9-32-2)27-8-7-21(16)34-15-5-6-19(18(25)11-15)29-24(31)28-14-3-4-14;1-2/h5-8,11-14H,3-4,9-10H2,1-2H3,(H,26,30)(H2,28,29,31);2H2,1H3. The van der Waals surface area contributed by atoms with E-state index in [0.717, 1.165) is 12.8 Å². The van der Waals surface area contributed by atoms with E-state index in [-0.39, 0.29) is 18.0 Å². The lowest BCUT2D eigenvalue weighted by atomic mass is 10.1. The quantitative estimate of drug-likeness (QED) is 0.317. The van der Waals surface area contributed by atoms with Crippen LogP contribution in [-0.4, -0.2) is 57.4 Å². The zero-order valence-electron chi connectivity index (χ0n) is 20.4. The highest BCUT2D eigenvalue weighted by Gasteiger charge is 2.23. The second-order valence-electron chi connectivity index (χ2n) is 7.71. The molecule has 10 nitrogen and oxygen atoms in total. The van der Waals surface area contributed by atoms with Crippen LogP contribution < -0.4 is 31.2 Å². The van der Waals surface area contributed by atoms with Gasteiger partial charge in [0.15, 0.2) is 0 Å². The van der Waals surface area contributed by atoms with E-state index in [1.807, 2.05) is 0 Å². The highest BCUT2D eigenvalue weighted by atomic mass is 35.5. The molecule has 1 fully saturated rings. The highest BCUT2D eigenvalue weighted by molar-refractivity contribution is 6.33. The van der Waals surface area contributed by atoms with Crippen LogP contribution in [-0.2, 0) is 4.74 Å². The van der Waals surface area contributed by atoms with Crippen LogP contribution >= 0.6 is 11.6 Å². The van der Waals surface area contributed by atoms with Crippen molar-refractivity contribution in [3.8, 4) is 17.2 Å². The number of anilines is 1. The fourth-order valence-corrected chi connectivity index (χ4v) is 3.48. The number of hydrogen-bond acceptors (Lipinski definition) is 7. The molecular weight excluding hydrogens is 486 g/mol. The Bertz CT molecular complexity index is 1220. The number of nitrogens with two attached hydrogens (primary N) is 1. The minimum Gasteiger partial charge on any atom is -0.490 e. The van der Waals surface area contributed by atoms with Crippen molar-refractivity contribution in [1.82, 2.24) is 15.6 Å². The number of urea groups is 1. The number of carbonyl (C=O) groups is 2. The van der Waals surface area contributed by atoms with E-state index >= 15 is 0 Å². The van der Waals surface area contributed by atoms with Gasteiger partial charge in [-0.15, -0.1) is 0 Å². The van der Waals surface area contributed by atoms with Gasteiger partial charge in [0.05, 0.1) is 28.4 Å². The number of amides is 3. The van der Waals surface area contributed by atoms with Gasteiger partial charge in [0.2, 0.25) is 0 Å². The minimum absolute atomic E-state index is 0.243. The van der Waals surface area contributed by atoms with Crippen molar-refractivity contribution in [1.29, 1.82) is 0 Å². The summed E-state index contributed by atoms with van der Waals surface area (Å²) in [5.41, 5.74) is 5.92. The third kappa shape index (κ3) is 6.97. The molecule has 192 valence electrons. The Morgan fingerprint density at radius 2 is 1.89 bits per heavy atom. The van der Waals surface area contributed by atoms with Crippen LogP contribution in [0.1, 0.15) is 23.2 Å². The largest absolute Gasteiger partial charge is 0.490 e. The van der Waals surface area contributed by atoms with Crippen molar-refractivity contribution in [3.63, 3.8) is 0 Å². The van der Waals surface area contributed by atoms with E-state index in [4.69, 9.17) is 25.8 Å². The van der Waals surface area contributed by atoms with Gasteiger partial charge in [-0.3, -0.25) is 9.78 Å². The molecule has 0 saturated heterocycles. The number of fused-ring (bicyclic) bond motifs is 1. The van der Waals surface area contributed by atoms with Crippen molar-refractivity contribution in [3.05, 3.63) is 53.2 Å². The molecule has 3 aromatic rings. The molecule has 0 atom stereocenters. The topological polar surface area (TPSA) is 137 Å². The van der Waals surface area contributed by atoms with Gasteiger partial charge in [0.25, 0.3) is 5.91 Å². The lowest BCUT2D eigenvalue weighted by Crippen LogP contribution is -2.30. The maximum absolute atomic E-state index is 12.5. The zero-order valence-corrected chi connectivity index (χ0v) is 21.1. The average molecular weight is 516 g/mol. The molecule has 0 unspecified atom stereocenters. The van der Waals surface area contributed by atoms with Gasteiger partial charge in [-0.25, -0.2) is 4.79 Å². The highest BCUT2D eigenvalue weighted by Crippen LogP contribution is 2.35. The van der Waals surface area contributed by atoms with Gasteiger partial charge in [-0.1, -0.05) is 11.6 Å². The summed E-state index contributed by atoms with van der Waals surface area (Å²) in [5, 5.41) is 9.17. The predicted octanol–water partition coefficient (Wildman–Crippen LogP) is 3.92. The van der Waals surface area contributed by atoms with Crippen molar-refractivity contribution in [2.45, 2.75) is 18.9 Å². The van der Waals surface area contributed by atoms with Crippen molar-refractivity contribution in [2.75, 3.05) is 39.7 Å². The third-order valence-corrected chi connectivity index (χ3v) is 5.46. The summed E-state index contributed by atoms with van der Waals surface area (Å²) >= 11 is 6.36. The van der Waals surface area contributed by atoms with E-state index in [1.165, 1.54) is 7.05 Å². The fraction of sp³-hybridized carbons (Fsp3) is 0.320. The number of methoxy groups -OCH3 is 1. The molecule has 3 amide bonds. The van der Waals surface area contributed by atoms with Crippen LogP contribution in [0.25, 0.3) is 10.9 Å². The summed E-state index contributed by atoms with van der Waals surface area (Å²) in [6, 6.07) is 10.0. The molecule has 0 bridgehead atoms. The van der Waals surface area contributed by atoms with E-state index in [9.17, 15) is 9.59 Å². The van der Waals surface area contributed by atoms with E-state index < -0.39 is 0 Å². The second kappa shape index (κ2) is 12.9. The van der Waals surface area contributed by atoms with Gasteiger partial charge >= 0.3 is 6.03 Å². The monoisotopic (exact) mass is 515 g/mol. The van der Waals surface area contributed by atoms with E-state index in [1.54, 1.807) is 56.8 Å². The van der Waals surface area contributed by atoms with Gasteiger partial charge in [0, 0.05) is 43.9 Å². The Balaban J connectivity index is 0.00000176. The van der Waals surface area contributed by atoms with Crippen LogP contribution in [0.5, 0.6) is 17.2 Å². The first-order valence-electron chi connectivity index (χ1n) is 11.4. The van der Waals surface area contributed by atoms with Gasteiger partial charge in [-0.2, -0.15) is 0 Å². The molecule has 4 rings (SSSR count). The van der Waals surface area contributed by atoms with Crippen LogP contribution in [0.3, 0.4) is 0 Å². The summed E-state index contributed by atoms with van der Waals surface area (Å²) in [6.45, 7) is 0.676. The van der Waals surface area contributed by atoms with Crippen LogP contribution in [0.15, 0.2) is 42.6 Å². The van der Waals surface area contributed by atoms with Crippen LogP contribution in [0.2, 0.25) is 5.02 Å². The second-order valence-corrected chi connectivity index (χ2v) is 8.12. The van der Waals surface area contributed by atoms with E-state index in [2.05, 4.69) is 26.7 Å². The van der Waals surface area contributed by atoms with E-state index in [0.29, 0.717) is 57.6 Å². The number of carbonyl (C=O) groups excluding carboxylic acids is 2. The van der Waals surface area contributed by atoms with Gasteiger partial charge in [-0.05, 0) is 44.2 Å². The number of benzene rings is 2. The van der Waals surface area contributed by atoms with Crippen LogP contribution in [0, 0.1) is 0 Å². The zero-order chi connectivity index (χ0) is 26.1. The molecule has 1 heterocycles. The Labute approximate surface area is 214 Å². The molecule has 0 radical (unpaired) electrons. The number of nitrogens with zero attached hydrogens (tertiary/aromatic N) is 1. The Kier molecular flexibility index (Phi) is 9.69. The van der Waals surface area contributed by atoms with Crippen molar-refractivity contribution >= 4 is 40.1 Å². The summed E-state index contributed by atoms with van der Waals surface area (Å²) in [6.07, 6.45) is 3.60. The number of hydrogen-bond donors (Lipinski definition) is 4. The first-order valence-corrected chi connectivity index (χ1v) is 11.8. The Morgan fingerprint density at radius 1 is 1.11 bits per heavy atom. The molecule has 36 heavy (non-hydrogen) atoms. The summed E-state index contributed by atoms with van der Waals surface area (Å²) < 4.78 is 16.8. The molecule has 0 aliphatic heterocycles. The minimum atomic E-state index is -0.299. The maximum atomic E-state index is 12.5. The number of nitrogens with one attached hydrogen (secondary N) is 3. The number of rotatable bonds is 9. The molecular formula is C25H30ClN5O5. The van der Waals surface area contributed by atoms with Gasteiger partial charge < -0.3 is 35.9 Å². The number of ether oxygens (including phenoxy) is 3. The number of pyridine rings is 1. The SMILES string of the molecule is CN.CNC(=O)c1cc2c(Oc3ccc(NC(=O)NC4CC4)c(Cl)c3)ccnc2cc1OCCOC. The van der Waals surface area contributed by atoms with Crippen molar-refractivity contribution in [2.24, 2.45) is 5.73 Å². The fourth-order valence-electron chi connectivity index (χ4n) is 3.26. The molecule has 11 heteroatoms. The number of halogens is 1. The molecule has 1 aliphatic rings. The lowest BCUT2D eigenvalue weighted by molar-refractivity contribution is 0.0955. The van der Waals surface area contributed by atoms with Crippen molar-refractivity contribution < 1.29 is 23.8 Å². The summed E-state index contributed by atoms with van der Waals surface area (Å²) in [7, 11) is 4.63. The molecule has 1 saturated carbocycles. The summed E-state index contributed by atoms with van der Waals surface area (Å²) in [5.74, 6) is 1.05. The summed E-state index contributed by atoms with van der Waals surface area (Å²) in [4.78, 5) is 28.9. The molecule has 2 aromatic carbocycles. The molecule has 1 aliphatic carbocycles. The first-order chi connectivity index (χ1) is 17.5. The van der Waals surface area contributed by atoms with Gasteiger partial charge in [0.1, 0.15) is 23.9 Å². The smallest absolute Gasteiger partial charge is 0.319 e.